The first kappa shape index (κ1) is 15.2. The lowest BCUT2D eigenvalue weighted by atomic mass is 9.44. The van der Waals surface area contributed by atoms with Crippen molar-refractivity contribution in [2.45, 2.75) is 85.0 Å². The zero-order valence-corrected chi connectivity index (χ0v) is 14.9. The highest BCUT2D eigenvalue weighted by atomic mass is 16.1. The van der Waals surface area contributed by atoms with Crippen molar-refractivity contribution >= 4 is 5.78 Å². The highest BCUT2D eigenvalue weighted by Gasteiger charge is 2.60. The molecule has 0 heterocycles. The van der Waals surface area contributed by atoms with Gasteiger partial charge in [-0.1, -0.05) is 33.6 Å². The van der Waals surface area contributed by atoms with Crippen LogP contribution in [0.15, 0.2) is 0 Å². The van der Waals surface area contributed by atoms with Crippen LogP contribution in [-0.2, 0) is 4.79 Å². The van der Waals surface area contributed by atoms with Crippen LogP contribution in [-0.4, -0.2) is 5.78 Å². The Hall–Kier alpha value is -0.330. The molecule has 4 aliphatic rings. The first-order valence-electron chi connectivity index (χ1n) is 10.0. The molecule has 0 saturated heterocycles. The van der Waals surface area contributed by atoms with Crippen LogP contribution in [0.4, 0.5) is 0 Å². The van der Waals surface area contributed by atoms with Crippen molar-refractivity contribution in [1.29, 1.82) is 0 Å². The Morgan fingerprint density at radius 3 is 2.64 bits per heavy atom. The Labute approximate surface area is 136 Å². The molecular weight excluding hydrogens is 268 g/mol. The molecule has 1 nitrogen and oxygen atoms in total. The molecule has 0 aliphatic heterocycles. The van der Waals surface area contributed by atoms with E-state index in [1.54, 1.807) is 0 Å². The lowest BCUT2D eigenvalue weighted by Gasteiger charge is -2.59. The van der Waals surface area contributed by atoms with Crippen molar-refractivity contribution in [2.24, 2.45) is 40.4 Å². The number of hydrogen-bond donors (Lipinski definition) is 0. The van der Waals surface area contributed by atoms with E-state index in [0.29, 0.717) is 29.0 Å². The predicted molar refractivity (Wildman–Crippen MR) is 90.5 cm³/mol. The van der Waals surface area contributed by atoms with Gasteiger partial charge in [-0.25, -0.2) is 0 Å². The smallest absolute Gasteiger partial charge is 0.139 e. The molecule has 1 heteroatoms. The van der Waals surface area contributed by atoms with Gasteiger partial charge in [0.25, 0.3) is 0 Å². The topological polar surface area (TPSA) is 17.1 Å². The first-order valence-corrected chi connectivity index (χ1v) is 10.0. The van der Waals surface area contributed by atoms with Crippen LogP contribution in [0.2, 0.25) is 0 Å². The van der Waals surface area contributed by atoms with Gasteiger partial charge in [-0.05, 0) is 80.0 Å². The molecule has 0 radical (unpaired) electrons. The molecule has 4 aliphatic carbocycles. The molecule has 0 unspecified atom stereocenters. The maximum atomic E-state index is 13.1. The Balaban J connectivity index is 1.64. The van der Waals surface area contributed by atoms with Gasteiger partial charge in [0.05, 0.1) is 0 Å². The molecule has 0 spiro atoms. The van der Waals surface area contributed by atoms with Gasteiger partial charge in [0.2, 0.25) is 0 Å². The van der Waals surface area contributed by atoms with Crippen molar-refractivity contribution in [2.75, 3.05) is 0 Å². The van der Waals surface area contributed by atoms with Gasteiger partial charge in [0.1, 0.15) is 5.78 Å². The van der Waals surface area contributed by atoms with Gasteiger partial charge in [-0.3, -0.25) is 4.79 Å². The third-order valence-corrected chi connectivity index (χ3v) is 8.96. The predicted octanol–water partition coefficient (Wildman–Crippen LogP) is 5.62. The molecular formula is C21H34O. The van der Waals surface area contributed by atoms with E-state index in [-0.39, 0.29) is 5.41 Å². The standard InChI is InChI=1S/C21H34O/c1-4-14-12-15-7-8-16-17-6-5-10-20(17,2)11-9-18(16)21(15,3)19(22)13-14/h14-18H,4-13H2,1-3H3/t14-,15+,16+,17+,18+,20+,21+/m1/s1. The van der Waals surface area contributed by atoms with E-state index >= 15 is 0 Å². The fourth-order valence-corrected chi connectivity index (χ4v) is 7.50. The second-order valence-electron chi connectivity index (χ2n) is 9.66. The summed E-state index contributed by atoms with van der Waals surface area (Å²) in [5, 5.41) is 0. The lowest BCUT2D eigenvalue weighted by molar-refractivity contribution is -0.157. The Bertz CT molecular complexity index is 469. The van der Waals surface area contributed by atoms with Crippen molar-refractivity contribution in [3.63, 3.8) is 0 Å². The van der Waals surface area contributed by atoms with E-state index < -0.39 is 0 Å². The Kier molecular flexibility index (Phi) is 3.51. The van der Waals surface area contributed by atoms with Crippen LogP contribution >= 0.6 is 0 Å². The van der Waals surface area contributed by atoms with E-state index in [2.05, 4.69) is 20.8 Å². The molecule has 0 aromatic carbocycles. The van der Waals surface area contributed by atoms with E-state index in [0.717, 1.165) is 18.3 Å². The highest BCUT2D eigenvalue weighted by molar-refractivity contribution is 5.86. The van der Waals surface area contributed by atoms with Crippen LogP contribution in [0.1, 0.15) is 85.0 Å². The van der Waals surface area contributed by atoms with Crippen molar-refractivity contribution in [1.82, 2.24) is 0 Å². The van der Waals surface area contributed by atoms with E-state index in [4.69, 9.17) is 0 Å². The molecule has 0 bridgehead atoms. The van der Waals surface area contributed by atoms with Gasteiger partial charge in [0.15, 0.2) is 0 Å². The monoisotopic (exact) mass is 302 g/mol. The minimum absolute atomic E-state index is 0.0402. The van der Waals surface area contributed by atoms with Crippen molar-refractivity contribution in [3.8, 4) is 0 Å². The van der Waals surface area contributed by atoms with Crippen molar-refractivity contribution in [3.05, 3.63) is 0 Å². The van der Waals surface area contributed by atoms with E-state index in [1.807, 2.05) is 0 Å². The quantitative estimate of drug-likeness (QED) is 0.614. The molecule has 4 saturated carbocycles. The zero-order valence-electron chi connectivity index (χ0n) is 14.9. The summed E-state index contributed by atoms with van der Waals surface area (Å²) in [6.07, 6.45) is 13.3. The van der Waals surface area contributed by atoms with E-state index in [9.17, 15) is 4.79 Å². The molecule has 4 rings (SSSR count). The fourth-order valence-electron chi connectivity index (χ4n) is 7.50. The fraction of sp³-hybridized carbons (Fsp3) is 0.952. The average molecular weight is 303 g/mol. The number of fused-ring (bicyclic) bond motifs is 5. The third kappa shape index (κ3) is 1.93. The van der Waals surface area contributed by atoms with Crippen LogP contribution in [0, 0.1) is 40.4 Å². The summed E-state index contributed by atoms with van der Waals surface area (Å²) in [6, 6.07) is 0. The number of hydrogen-bond acceptors (Lipinski definition) is 1. The van der Waals surface area contributed by atoms with Gasteiger partial charge < -0.3 is 0 Å². The molecule has 4 fully saturated rings. The van der Waals surface area contributed by atoms with Gasteiger partial charge in [-0.15, -0.1) is 0 Å². The lowest BCUT2D eigenvalue weighted by Crippen LogP contribution is -2.56. The van der Waals surface area contributed by atoms with Gasteiger partial charge in [0, 0.05) is 11.8 Å². The van der Waals surface area contributed by atoms with Crippen molar-refractivity contribution < 1.29 is 4.79 Å². The molecule has 0 N–H and O–H groups in total. The second kappa shape index (κ2) is 5.08. The van der Waals surface area contributed by atoms with Crippen LogP contribution in [0.25, 0.3) is 0 Å². The molecule has 0 aromatic heterocycles. The molecule has 0 amide bonds. The van der Waals surface area contributed by atoms with Crippen LogP contribution < -0.4 is 0 Å². The summed E-state index contributed by atoms with van der Waals surface area (Å²) >= 11 is 0. The number of Topliss-reactive ketones (excluding diaryl/α,β-unsaturated/α-hetero) is 1. The summed E-state index contributed by atoms with van der Waals surface area (Å²) in [5.41, 5.74) is 0.659. The third-order valence-electron chi connectivity index (χ3n) is 8.96. The van der Waals surface area contributed by atoms with Gasteiger partial charge >= 0.3 is 0 Å². The number of carbonyl (C=O) groups excluding carboxylic acids is 1. The SMILES string of the molecule is CC[C@H]1CC(=O)[C@@]2(C)[C@@H](CC[C@H]3[C@@H]4CCC[C@@]4(C)CC[C@@H]32)C1. The van der Waals surface area contributed by atoms with Gasteiger partial charge in [-0.2, -0.15) is 0 Å². The number of rotatable bonds is 1. The summed E-state index contributed by atoms with van der Waals surface area (Å²) in [7, 11) is 0. The van der Waals surface area contributed by atoms with Crippen LogP contribution in [0.5, 0.6) is 0 Å². The maximum absolute atomic E-state index is 13.1. The van der Waals surface area contributed by atoms with E-state index in [1.165, 1.54) is 57.8 Å². The summed E-state index contributed by atoms with van der Waals surface area (Å²) in [4.78, 5) is 13.1. The van der Waals surface area contributed by atoms with Crippen LogP contribution in [0.3, 0.4) is 0 Å². The highest BCUT2D eigenvalue weighted by Crippen LogP contribution is 2.65. The minimum atomic E-state index is 0.0402. The Morgan fingerprint density at radius 2 is 1.86 bits per heavy atom. The number of carbonyl (C=O) groups is 1. The molecule has 22 heavy (non-hydrogen) atoms. The second-order valence-corrected chi connectivity index (χ2v) is 9.66. The largest absolute Gasteiger partial charge is 0.299 e. The summed E-state index contributed by atoms with van der Waals surface area (Å²) < 4.78 is 0. The summed E-state index contributed by atoms with van der Waals surface area (Å²) in [5.74, 6) is 4.54. The Morgan fingerprint density at radius 1 is 1.05 bits per heavy atom. The minimum Gasteiger partial charge on any atom is -0.299 e. The normalized spacial score (nSPS) is 54.5. The zero-order chi connectivity index (χ0) is 15.5. The first-order chi connectivity index (χ1) is 10.5. The average Bonchev–Trinajstić information content (AvgIpc) is 2.90. The summed E-state index contributed by atoms with van der Waals surface area (Å²) in [6.45, 7) is 7.22. The molecule has 7 atom stereocenters. The maximum Gasteiger partial charge on any atom is 0.139 e. The molecule has 124 valence electrons. The molecule has 0 aromatic rings. The number of ketones is 1.